The Morgan fingerprint density at radius 2 is 2.00 bits per heavy atom. The van der Waals surface area contributed by atoms with Crippen LogP contribution in [0.2, 0.25) is 0 Å². The molecule has 1 unspecified atom stereocenters. The van der Waals surface area contributed by atoms with Crippen molar-refractivity contribution in [2.24, 2.45) is 0 Å². The largest absolute Gasteiger partial charge is 0.465 e. The lowest BCUT2D eigenvalue weighted by Gasteiger charge is -2.13. The zero-order valence-corrected chi connectivity index (χ0v) is 13.8. The zero-order valence-electron chi connectivity index (χ0n) is 13.0. The van der Waals surface area contributed by atoms with Crippen LogP contribution >= 0.6 is 0 Å². The second-order valence-corrected chi connectivity index (χ2v) is 7.39. The summed E-state index contributed by atoms with van der Waals surface area (Å²) in [4.78, 5) is 0.264. The molecule has 1 saturated heterocycles. The normalized spacial score (nSPS) is 19.6. The van der Waals surface area contributed by atoms with E-state index in [0.717, 1.165) is 0 Å². The highest BCUT2D eigenvalue weighted by Gasteiger charge is 2.30. The molecule has 6 nitrogen and oxygen atoms in total. The van der Waals surface area contributed by atoms with Gasteiger partial charge in [0.25, 0.3) is 0 Å². The first-order valence-corrected chi connectivity index (χ1v) is 8.72. The van der Waals surface area contributed by atoms with Gasteiger partial charge in [-0.05, 0) is 20.3 Å². The van der Waals surface area contributed by atoms with E-state index in [1.165, 1.54) is 0 Å². The van der Waals surface area contributed by atoms with Crippen molar-refractivity contribution in [1.82, 2.24) is 10.0 Å². The number of rotatable bonds is 6. The molecule has 1 aliphatic rings. The predicted molar refractivity (Wildman–Crippen MR) is 79.7 cm³/mol. The van der Waals surface area contributed by atoms with E-state index in [4.69, 9.17) is 9.15 Å². The summed E-state index contributed by atoms with van der Waals surface area (Å²) in [6, 6.07) is 0.113. The fourth-order valence-corrected chi connectivity index (χ4v) is 4.18. The minimum Gasteiger partial charge on any atom is -0.465 e. The quantitative estimate of drug-likeness (QED) is 0.830. The van der Waals surface area contributed by atoms with Crippen LogP contribution in [-0.2, 0) is 21.3 Å². The van der Waals surface area contributed by atoms with Crippen LogP contribution in [-0.4, -0.2) is 33.7 Å². The van der Waals surface area contributed by atoms with E-state index in [-0.39, 0.29) is 17.0 Å². The Hall–Kier alpha value is -0.890. The summed E-state index contributed by atoms with van der Waals surface area (Å²) in [5, 5.41) is 3.25. The van der Waals surface area contributed by atoms with Gasteiger partial charge in [0.05, 0.1) is 6.61 Å². The Kier molecular flexibility index (Phi) is 5.08. The second-order valence-electron chi connectivity index (χ2n) is 5.74. The van der Waals surface area contributed by atoms with Crippen molar-refractivity contribution in [2.45, 2.75) is 57.6 Å². The van der Waals surface area contributed by atoms with E-state index >= 15 is 0 Å². The second kappa shape index (κ2) is 6.48. The van der Waals surface area contributed by atoms with Crippen LogP contribution < -0.4 is 10.0 Å². The molecule has 0 spiro atoms. The van der Waals surface area contributed by atoms with Gasteiger partial charge in [0.1, 0.15) is 16.4 Å². The predicted octanol–water partition coefficient (Wildman–Crippen LogP) is 1.46. The topological polar surface area (TPSA) is 80.6 Å². The third-order valence-electron chi connectivity index (χ3n) is 3.53. The summed E-state index contributed by atoms with van der Waals surface area (Å²) in [6.07, 6.45) is 0.703. The van der Waals surface area contributed by atoms with Crippen molar-refractivity contribution < 1.29 is 17.6 Å². The lowest BCUT2D eigenvalue weighted by Crippen LogP contribution is -2.36. The SMILES string of the molecule is Cc1oc(C)c(S(=O)(=O)NC2CCOC2)c1CNC(C)C. The molecule has 7 heteroatoms. The maximum Gasteiger partial charge on any atom is 0.244 e. The zero-order chi connectivity index (χ0) is 15.6. The van der Waals surface area contributed by atoms with Crippen molar-refractivity contribution in [2.75, 3.05) is 13.2 Å². The van der Waals surface area contributed by atoms with Gasteiger partial charge < -0.3 is 14.5 Å². The fraction of sp³-hybridized carbons (Fsp3) is 0.714. The number of ether oxygens (including phenoxy) is 1. The Labute approximate surface area is 126 Å². The third kappa shape index (κ3) is 3.85. The summed E-state index contributed by atoms with van der Waals surface area (Å²) < 4.78 is 38.7. The Morgan fingerprint density at radius 1 is 1.29 bits per heavy atom. The maximum atomic E-state index is 12.6. The lowest BCUT2D eigenvalue weighted by atomic mass is 10.2. The number of hydrogen-bond donors (Lipinski definition) is 2. The van der Waals surface area contributed by atoms with E-state index in [1.807, 2.05) is 13.8 Å². The highest BCUT2D eigenvalue weighted by atomic mass is 32.2. The molecule has 21 heavy (non-hydrogen) atoms. The van der Waals surface area contributed by atoms with Gasteiger partial charge in [0, 0.05) is 30.8 Å². The van der Waals surface area contributed by atoms with Crippen LogP contribution in [0, 0.1) is 13.8 Å². The molecule has 0 saturated carbocycles. The Morgan fingerprint density at radius 3 is 2.57 bits per heavy atom. The van der Waals surface area contributed by atoms with Gasteiger partial charge in [-0.3, -0.25) is 0 Å². The van der Waals surface area contributed by atoms with E-state index in [1.54, 1.807) is 13.8 Å². The van der Waals surface area contributed by atoms with Crippen LogP contribution in [0.1, 0.15) is 37.4 Å². The molecule has 0 aromatic carbocycles. The standard InChI is InChI=1S/C14H24N2O4S/c1-9(2)15-7-13-10(3)20-11(4)14(13)21(17,18)16-12-5-6-19-8-12/h9,12,15-16H,5-8H2,1-4H3. The van der Waals surface area contributed by atoms with E-state index < -0.39 is 10.0 Å². The molecule has 1 aliphatic heterocycles. The lowest BCUT2D eigenvalue weighted by molar-refractivity contribution is 0.192. The minimum absolute atomic E-state index is 0.157. The first-order chi connectivity index (χ1) is 9.81. The molecular formula is C14H24N2O4S. The molecule has 0 amide bonds. The van der Waals surface area contributed by atoms with Crippen LogP contribution in [0.15, 0.2) is 9.31 Å². The first kappa shape index (κ1) is 16.5. The summed E-state index contributed by atoms with van der Waals surface area (Å²) in [7, 11) is -3.60. The van der Waals surface area contributed by atoms with E-state index in [9.17, 15) is 8.42 Å². The van der Waals surface area contributed by atoms with Gasteiger partial charge >= 0.3 is 0 Å². The van der Waals surface area contributed by atoms with Crippen molar-refractivity contribution in [3.8, 4) is 0 Å². The van der Waals surface area contributed by atoms with E-state index in [2.05, 4.69) is 10.0 Å². The molecule has 1 fully saturated rings. The molecule has 2 rings (SSSR count). The van der Waals surface area contributed by atoms with Gasteiger partial charge in [-0.2, -0.15) is 0 Å². The van der Waals surface area contributed by atoms with Gasteiger partial charge in [-0.1, -0.05) is 13.8 Å². The Bertz CT molecular complexity index is 586. The van der Waals surface area contributed by atoms with Crippen LogP contribution in [0.5, 0.6) is 0 Å². The molecule has 1 aromatic heterocycles. The van der Waals surface area contributed by atoms with Crippen LogP contribution in [0.3, 0.4) is 0 Å². The molecule has 0 aliphatic carbocycles. The average Bonchev–Trinajstić information content (AvgIpc) is 2.94. The molecule has 0 radical (unpaired) electrons. The first-order valence-electron chi connectivity index (χ1n) is 7.23. The molecule has 120 valence electrons. The average molecular weight is 316 g/mol. The molecular weight excluding hydrogens is 292 g/mol. The van der Waals surface area contributed by atoms with Crippen LogP contribution in [0.25, 0.3) is 0 Å². The highest BCUT2D eigenvalue weighted by molar-refractivity contribution is 7.89. The van der Waals surface area contributed by atoms with Crippen LogP contribution in [0.4, 0.5) is 0 Å². The highest BCUT2D eigenvalue weighted by Crippen LogP contribution is 2.27. The summed E-state index contributed by atoms with van der Waals surface area (Å²) in [5.74, 6) is 1.07. The third-order valence-corrected chi connectivity index (χ3v) is 5.25. The van der Waals surface area contributed by atoms with Crippen molar-refractivity contribution >= 4 is 10.0 Å². The smallest absolute Gasteiger partial charge is 0.244 e. The fourth-order valence-electron chi connectivity index (χ4n) is 2.48. The minimum atomic E-state index is -3.60. The van der Waals surface area contributed by atoms with Gasteiger partial charge in [-0.25, -0.2) is 13.1 Å². The Balaban J connectivity index is 2.28. The van der Waals surface area contributed by atoms with E-state index in [0.29, 0.717) is 43.3 Å². The number of nitrogens with one attached hydrogen (secondary N) is 2. The number of sulfonamides is 1. The van der Waals surface area contributed by atoms with Crippen molar-refractivity contribution in [1.29, 1.82) is 0 Å². The number of aryl methyl sites for hydroxylation is 2. The van der Waals surface area contributed by atoms with Gasteiger partial charge in [0.15, 0.2) is 0 Å². The monoisotopic (exact) mass is 316 g/mol. The molecule has 1 atom stereocenters. The van der Waals surface area contributed by atoms with Crippen molar-refractivity contribution in [3.63, 3.8) is 0 Å². The molecule has 1 aromatic rings. The number of furan rings is 1. The van der Waals surface area contributed by atoms with Gasteiger partial charge in [-0.15, -0.1) is 0 Å². The van der Waals surface area contributed by atoms with Crippen molar-refractivity contribution in [3.05, 3.63) is 17.1 Å². The maximum absolute atomic E-state index is 12.6. The molecule has 0 bridgehead atoms. The summed E-state index contributed by atoms with van der Waals surface area (Å²) in [6.45, 7) is 9.01. The molecule has 2 N–H and O–H groups in total. The van der Waals surface area contributed by atoms with Gasteiger partial charge in [0.2, 0.25) is 10.0 Å². The number of hydrogen-bond acceptors (Lipinski definition) is 5. The molecule has 2 heterocycles. The summed E-state index contributed by atoms with van der Waals surface area (Å²) in [5.41, 5.74) is 0.701. The summed E-state index contributed by atoms with van der Waals surface area (Å²) >= 11 is 0.